The van der Waals surface area contributed by atoms with Crippen molar-refractivity contribution in [2.75, 3.05) is 7.11 Å². The molecule has 2 heteroatoms. The number of fused-ring (bicyclic) bond motifs is 6. The van der Waals surface area contributed by atoms with Gasteiger partial charge in [0.1, 0.15) is 5.75 Å². The highest BCUT2D eigenvalue weighted by atomic mass is 16.5. The van der Waals surface area contributed by atoms with Crippen LogP contribution in [0.25, 0.3) is 49.2 Å². The normalized spacial score (nSPS) is 11.7. The van der Waals surface area contributed by atoms with Crippen molar-refractivity contribution in [3.63, 3.8) is 0 Å². The van der Waals surface area contributed by atoms with Crippen molar-refractivity contribution in [1.82, 2.24) is 4.40 Å². The number of ether oxygens (including phenoxy) is 1. The van der Waals surface area contributed by atoms with E-state index in [1.807, 2.05) is 6.07 Å². The van der Waals surface area contributed by atoms with Gasteiger partial charge in [0.25, 0.3) is 0 Å². The molecule has 6 rings (SSSR count). The molecule has 2 aromatic heterocycles. The van der Waals surface area contributed by atoms with E-state index in [9.17, 15) is 0 Å². The van der Waals surface area contributed by atoms with Crippen LogP contribution in [0.4, 0.5) is 0 Å². The number of hydrogen-bond donors (Lipinski definition) is 0. The lowest BCUT2D eigenvalue weighted by molar-refractivity contribution is 0.415. The molecule has 0 bridgehead atoms. The summed E-state index contributed by atoms with van der Waals surface area (Å²) >= 11 is 0. The maximum Gasteiger partial charge on any atom is 0.119 e. The van der Waals surface area contributed by atoms with Gasteiger partial charge in [0.2, 0.25) is 0 Å². The Labute approximate surface area is 174 Å². The zero-order valence-electron chi connectivity index (χ0n) is 17.0. The zero-order valence-corrected chi connectivity index (χ0v) is 17.0. The second-order valence-electron chi connectivity index (χ2n) is 7.87. The van der Waals surface area contributed by atoms with Gasteiger partial charge in [-0.25, -0.2) is 0 Å². The monoisotopic (exact) mass is 387 g/mol. The van der Waals surface area contributed by atoms with Gasteiger partial charge in [-0.1, -0.05) is 54.6 Å². The number of methoxy groups -OCH3 is 1. The summed E-state index contributed by atoms with van der Waals surface area (Å²) in [5, 5.41) is 4.96. The van der Waals surface area contributed by atoms with E-state index in [-0.39, 0.29) is 0 Å². The minimum atomic E-state index is 0.886. The van der Waals surface area contributed by atoms with E-state index in [1.54, 1.807) is 7.11 Å². The molecular formula is C28H21NO. The fraction of sp³-hybridized carbons (Fsp3) is 0.0714. The molecule has 0 aliphatic heterocycles. The fourth-order valence-electron chi connectivity index (χ4n) is 4.75. The van der Waals surface area contributed by atoms with E-state index >= 15 is 0 Å². The molecular weight excluding hydrogens is 366 g/mol. The third-order valence-corrected chi connectivity index (χ3v) is 6.22. The Kier molecular flexibility index (Phi) is 3.63. The summed E-state index contributed by atoms with van der Waals surface area (Å²) in [6, 6.07) is 32.6. The molecule has 144 valence electrons. The Hall–Kier alpha value is -3.78. The molecule has 0 spiro atoms. The number of para-hydroxylation sites is 2. The lowest BCUT2D eigenvalue weighted by atomic mass is 9.98. The van der Waals surface area contributed by atoms with Crippen LogP contribution in [0.2, 0.25) is 0 Å². The number of rotatable bonds is 2. The smallest absolute Gasteiger partial charge is 0.119 e. The van der Waals surface area contributed by atoms with Gasteiger partial charge < -0.3 is 9.14 Å². The predicted molar refractivity (Wildman–Crippen MR) is 127 cm³/mol. The number of nitrogens with zero attached hydrogens (tertiary/aromatic N) is 1. The van der Waals surface area contributed by atoms with Gasteiger partial charge in [0.05, 0.1) is 23.7 Å². The van der Waals surface area contributed by atoms with Crippen molar-refractivity contribution in [3.8, 4) is 16.9 Å². The van der Waals surface area contributed by atoms with E-state index in [0.717, 1.165) is 5.75 Å². The van der Waals surface area contributed by atoms with E-state index in [2.05, 4.69) is 96.3 Å². The van der Waals surface area contributed by atoms with Crippen molar-refractivity contribution in [3.05, 3.63) is 96.6 Å². The van der Waals surface area contributed by atoms with Gasteiger partial charge >= 0.3 is 0 Å². The first-order chi connectivity index (χ1) is 14.7. The van der Waals surface area contributed by atoms with Gasteiger partial charge in [-0.05, 0) is 70.6 Å². The number of aryl methyl sites for hydroxylation is 1. The molecule has 0 atom stereocenters. The minimum Gasteiger partial charge on any atom is -0.497 e. The van der Waals surface area contributed by atoms with E-state index in [1.165, 1.54) is 54.8 Å². The van der Waals surface area contributed by atoms with Crippen molar-refractivity contribution in [2.45, 2.75) is 6.92 Å². The fourth-order valence-corrected chi connectivity index (χ4v) is 4.75. The van der Waals surface area contributed by atoms with Crippen LogP contribution in [-0.2, 0) is 0 Å². The molecule has 0 radical (unpaired) electrons. The number of pyridine rings is 1. The second-order valence-corrected chi connectivity index (χ2v) is 7.87. The first-order valence-corrected chi connectivity index (χ1v) is 10.2. The molecule has 2 nitrogen and oxygen atoms in total. The van der Waals surface area contributed by atoms with Crippen LogP contribution >= 0.6 is 0 Å². The summed E-state index contributed by atoms with van der Waals surface area (Å²) in [5.41, 5.74) is 7.60. The largest absolute Gasteiger partial charge is 0.497 e. The summed E-state index contributed by atoms with van der Waals surface area (Å²) in [6.45, 7) is 2.24. The number of benzene rings is 4. The average molecular weight is 387 g/mol. The lowest BCUT2D eigenvalue weighted by Gasteiger charge is -2.12. The van der Waals surface area contributed by atoms with Crippen LogP contribution in [0.3, 0.4) is 0 Å². The summed E-state index contributed by atoms with van der Waals surface area (Å²) in [4.78, 5) is 0. The third kappa shape index (κ3) is 2.37. The Morgan fingerprint density at radius 3 is 2.27 bits per heavy atom. The Bertz CT molecular complexity index is 1590. The molecule has 2 heterocycles. The molecule has 0 fully saturated rings. The second kappa shape index (κ2) is 6.36. The minimum absolute atomic E-state index is 0.886. The molecule has 0 N–H and O–H groups in total. The van der Waals surface area contributed by atoms with Gasteiger partial charge in [0.15, 0.2) is 0 Å². The van der Waals surface area contributed by atoms with Crippen LogP contribution in [0.15, 0.2) is 91.0 Å². The molecule has 0 amide bonds. The summed E-state index contributed by atoms with van der Waals surface area (Å²) in [7, 11) is 1.71. The van der Waals surface area contributed by atoms with Gasteiger partial charge in [-0.15, -0.1) is 0 Å². The SMILES string of the molecule is COc1ccc2cc(-c3cc4ccccc4n4c3c(C)c3ccccc34)ccc2c1. The highest BCUT2D eigenvalue weighted by Gasteiger charge is 2.16. The van der Waals surface area contributed by atoms with Gasteiger partial charge in [0, 0.05) is 10.9 Å². The zero-order chi connectivity index (χ0) is 20.2. The maximum absolute atomic E-state index is 5.39. The lowest BCUT2D eigenvalue weighted by Crippen LogP contribution is -1.92. The molecule has 6 aromatic rings. The topological polar surface area (TPSA) is 13.6 Å². The van der Waals surface area contributed by atoms with Crippen molar-refractivity contribution in [2.24, 2.45) is 0 Å². The number of aromatic nitrogens is 1. The third-order valence-electron chi connectivity index (χ3n) is 6.22. The maximum atomic E-state index is 5.39. The first-order valence-electron chi connectivity index (χ1n) is 10.2. The molecule has 0 aliphatic carbocycles. The summed E-state index contributed by atoms with van der Waals surface area (Å²) in [5.74, 6) is 0.886. The van der Waals surface area contributed by atoms with Crippen LogP contribution in [0.1, 0.15) is 5.56 Å². The van der Waals surface area contributed by atoms with Crippen molar-refractivity contribution in [1.29, 1.82) is 0 Å². The summed E-state index contributed by atoms with van der Waals surface area (Å²) in [6.07, 6.45) is 0. The molecule has 4 aromatic carbocycles. The summed E-state index contributed by atoms with van der Waals surface area (Å²) < 4.78 is 7.81. The van der Waals surface area contributed by atoms with E-state index < -0.39 is 0 Å². The van der Waals surface area contributed by atoms with Gasteiger partial charge in [-0.2, -0.15) is 0 Å². The van der Waals surface area contributed by atoms with Crippen LogP contribution in [0.5, 0.6) is 5.75 Å². The number of hydrogen-bond acceptors (Lipinski definition) is 1. The predicted octanol–water partition coefficient (Wildman–Crippen LogP) is 7.38. The highest BCUT2D eigenvalue weighted by Crippen LogP contribution is 2.38. The first kappa shape index (κ1) is 17.1. The standard InChI is InChI=1S/C28H21NO/c1-18-24-8-4-6-10-27(24)29-26-9-5-3-7-22(26)17-25(28(18)29)21-12-11-20-16-23(30-2)14-13-19(20)15-21/h3-17H,1-2H3. The molecule has 0 unspecified atom stereocenters. The van der Waals surface area contributed by atoms with Crippen molar-refractivity contribution < 1.29 is 4.74 Å². The Morgan fingerprint density at radius 1 is 0.667 bits per heavy atom. The quantitative estimate of drug-likeness (QED) is 0.302. The van der Waals surface area contributed by atoms with Crippen LogP contribution in [0, 0.1) is 6.92 Å². The molecule has 0 aliphatic rings. The average Bonchev–Trinajstić information content (AvgIpc) is 3.11. The molecule has 0 saturated carbocycles. The van der Waals surface area contributed by atoms with E-state index in [4.69, 9.17) is 4.74 Å². The molecule has 30 heavy (non-hydrogen) atoms. The highest BCUT2D eigenvalue weighted by molar-refractivity contribution is 6.05. The van der Waals surface area contributed by atoms with Crippen LogP contribution in [-0.4, -0.2) is 11.5 Å². The Balaban J connectivity index is 1.75. The van der Waals surface area contributed by atoms with E-state index in [0.29, 0.717) is 0 Å². The van der Waals surface area contributed by atoms with Crippen LogP contribution < -0.4 is 4.74 Å². The Morgan fingerprint density at radius 2 is 1.40 bits per heavy atom. The van der Waals surface area contributed by atoms with Crippen molar-refractivity contribution >= 4 is 38.1 Å². The van der Waals surface area contributed by atoms with Gasteiger partial charge in [-0.3, -0.25) is 0 Å². The molecule has 0 saturated heterocycles.